The first-order valence-electron chi connectivity index (χ1n) is 3.44. The van der Waals surface area contributed by atoms with Crippen LogP contribution in [-0.2, 0) is 4.79 Å². The van der Waals surface area contributed by atoms with Crippen LogP contribution in [0.3, 0.4) is 0 Å². The lowest BCUT2D eigenvalue weighted by Gasteiger charge is -1.86. The third-order valence-electron chi connectivity index (χ3n) is 1.08. The van der Waals surface area contributed by atoms with Gasteiger partial charge in [-0.1, -0.05) is 18.4 Å². The largest absolute Gasteiger partial charge is 0.303 e. The Balaban J connectivity index is 3.04. The highest BCUT2D eigenvalue weighted by molar-refractivity contribution is 5.48. The molecular formula is C9H12O. The van der Waals surface area contributed by atoms with E-state index < -0.39 is 0 Å². The van der Waals surface area contributed by atoms with E-state index in [2.05, 4.69) is 18.4 Å². The number of hydrogen-bond donors (Lipinski definition) is 0. The average molecular weight is 136 g/mol. The summed E-state index contributed by atoms with van der Waals surface area (Å²) < 4.78 is 0. The second-order valence-electron chi connectivity index (χ2n) is 1.94. The zero-order chi connectivity index (χ0) is 7.66. The van der Waals surface area contributed by atoms with Gasteiger partial charge >= 0.3 is 0 Å². The van der Waals surface area contributed by atoms with Crippen LogP contribution in [-0.4, -0.2) is 6.29 Å². The van der Waals surface area contributed by atoms with Crippen LogP contribution in [0.15, 0.2) is 12.7 Å². The summed E-state index contributed by atoms with van der Waals surface area (Å²) in [6.45, 7) is 3.46. The summed E-state index contributed by atoms with van der Waals surface area (Å²) in [6, 6.07) is 0. The van der Waals surface area contributed by atoms with Gasteiger partial charge in [0.25, 0.3) is 0 Å². The molecule has 10 heavy (non-hydrogen) atoms. The molecule has 0 spiro atoms. The third kappa shape index (κ3) is 6.97. The Kier molecular flexibility index (Phi) is 7.15. The van der Waals surface area contributed by atoms with E-state index in [9.17, 15) is 4.79 Å². The number of rotatable bonds is 4. The van der Waals surface area contributed by atoms with Gasteiger partial charge in [-0.2, -0.15) is 0 Å². The summed E-state index contributed by atoms with van der Waals surface area (Å²) >= 11 is 0. The summed E-state index contributed by atoms with van der Waals surface area (Å²) in [5.41, 5.74) is 0. The quantitative estimate of drug-likeness (QED) is 0.328. The lowest BCUT2D eigenvalue weighted by molar-refractivity contribution is -0.107. The van der Waals surface area contributed by atoms with E-state index in [1.54, 1.807) is 6.08 Å². The Bertz CT molecular complexity index is 148. The molecule has 0 saturated heterocycles. The zero-order valence-corrected chi connectivity index (χ0v) is 6.10. The van der Waals surface area contributed by atoms with E-state index >= 15 is 0 Å². The number of carbonyl (C=O) groups excluding carboxylic acids is 1. The van der Waals surface area contributed by atoms with Crippen molar-refractivity contribution in [2.45, 2.75) is 25.7 Å². The predicted octanol–water partition coefficient (Wildman–Crippen LogP) is 1.94. The lowest BCUT2D eigenvalue weighted by atomic mass is 10.2. The molecule has 0 aromatic carbocycles. The highest BCUT2D eigenvalue weighted by Crippen LogP contribution is 1.95. The van der Waals surface area contributed by atoms with Crippen LogP contribution in [0.5, 0.6) is 0 Å². The van der Waals surface area contributed by atoms with Crippen LogP contribution in [0.4, 0.5) is 0 Å². The van der Waals surface area contributed by atoms with Gasteiger partial charge in [-0.3, -0.25) is 0 Å². The van der Waals surface area contributed by atoms with Crippen LogP contribution in [0.1, 0.15) is 25.7 Å². The molecule has 0 aliphatic rings. The number of aldehydes is 1. The maximum atomic E-state index is 9.84. The summed E-state index contributed by atoms with van der Waals surface area (Å²) in [7, 11) is 0. The van der Waals surface area contributed by atoms with Crippen LogP contribution in [0, 0.1) is 11.8 Å². The van der Waals surface area contributed by atoms with E-state index in [1.807, 2.05) is 0 Å². The summed E-state index contributed by atoms with van der Waals surface area (Å²) in [5.74, 6) is 5.66. The molecule has 0 aromatic rings. The minimum absolute atomic E-state index is 0.662. The van der Waals surface area contributed by atoms with Crippen molar-refractivity contribution in [2.24, 2.45) is 0 Å². The molecule has 0 unspecified atom stereocenters. The zero-order valence-electron chi connectivity index (χ0n) is 6.10. The van der Waals surface area contributed by atoms with Crippen molar-refractivity contribution in [3.63, 3.8) is 0 Å². The van der Waals surface area contributed by atoms with Gasteiger partial charge in [0.1, 0.15) is 6.29 Å². The van der Waals surface area contributed by atoms with Crippen LogP contribution in [0.25, 0.3) is 0 Å². The first-order valence-corrected chi connectivity index (χ1v) is 3.44. The predicted molar refractivity (Wildman–Crippen MR) is 42.5 cm³/mol. The first-order chi connectivity index (χ1) is 4.91. The molecule has 0 N–H and O–H groups in total. The van der Waals surface area contributed by atoms with Gasteiger partial charge in [0.2, 0.25) is 0 Å². The molecule has 0 aliphatic carbocycles. The topological polar surface area (TPSA) is 17.1 Å². The molecule has 0 rings (SSSR count). The fourth-order valence-electron chi connectivity index (χ4n) is 0.585. The van der Waals surface area contributed by atoms with Crippen molar-refractivity contribution >= 4 is 6.29 Å². The Labute approximate surface area is 62.1 Å². The molecule has 0 aliphatic heterocycles. The van der Waals surface area contributed by atoms with Gasteiger partial charge in [-0.15, -0.1) is 0 Å². The van der Waals surface area contributed by atoms with E-state index in [0.29, 0.717) is 6.42 Å². The summed E-state index contributed by atoms with van der Waals surface area (Å²) in [4.78, 5) is 9.84. The molecule has 0 saturated carbocycles. The Morgan fingerprint density at radius 2 is 2.20 bits per heavy atom. The standard InChI is InChI=1S/C9H12O/c1-2-3-4-5-6-7-8-9-10/h2,9H,1,5-8H2. The Morgan fingerprint density at radius 3 is 2.80 bits per heavy atom. The third-order valence-corrected chi connectivity index (χ3v) is 1.08. The monoisotopic (exact) mass is 136 g/mol. The van der Waals surface area contributed by atoms with Gasteiger partial charge in [0.15, 0.2) is 0 Å². The molecule has 0 heterocycles. The van der Waals surface area contributed by atoms with Crippen LogP contribution in [0.2, 0.25) is 0 Å². The second-order valence-corrected chi connectivity index (χ2v) is 1.94. The van der Waals surface area contributed by atoms with Crippen molar-refractivity contribution in [3.8, 4) is 11.8 Å². The molecule has 0 radical (unpaired) electrons. The second kappa shape index (κ2) is 7.97. The molecule has 54 valence electrons. The molecule has 0 bridgehead atoms. The van der Waals surface area contributed by atoms with Crippen molar-refractivity contribution < 1.29 is 4.79 Å². The molecule has 1 heteroatoms. The van der Waals surface area contributed by atoms with E-state index in [4.69, 9.17) is 0 Å². The summed E-state index contributed by atoms with van der Waals surface area (Å²) in [5, 5.41) is 0. The summed E-state index contributed by atoms with van der Waals surface area (Å²) in [6.07, 6.45) is 6.03. The number of carbonyl (C=O) groups is 1. The molecule has 0 amide bonds. The smallest absolute Gasteiger partial charge is 0.119 e. The van der Waals surface area contributed by atoms with Gasteiger partial charge in [0.05, 0.1) is 0 Å². The first kappa shape index (κ1) is 8.97. The maximum absolute atomic E-state index is 9.84. The van der Waals surface area contributed by atoms with Gasteiger partial charge in [-0.25, -0.2) is 0 Å². The lowest BCUT2D eigenvalue weighted by Crippen LogP contribution is -1.75. The molecule has 0 atom stereocenters. The van der Waals surface area contributed by atoms with E-state index in [-0.39, 0.29) is 0 Å². The van der Waals surface area contributed by atoms with Crippen LogP contribution < -0.4 is 0 Å². The highest BCUT2D eigenvalue weighted by Gasteiger charge is 1.82. The fraction of sp³-hybridized carbons (Fsp3) is 0.444. The van der Waals surface area contributed by atoms with E-state index in [1.165, 1.54) is 0 Å². The van der Waals surface area contributed by atoms with Crippen molar-refractivity contribution in [1.29, 1.82) is 0 Å². The average Bonchev–Trinajstić information content (AvgIpc) is 1.97. The minimum Gasteiger partial charge on any atom is -0.303 e. The minimum atomic E-state index is 0.662. The normalized spacial score (nSPS) is 7.60. The maximum Gasteiger partial charge on any atom is 0.119 e. The number of allylic oxidation sites excluding steroid dienone is 1. The van der Waals surface area contributed by atoms with Crippen LogP contribution >= 0.6 is 0 Å². The van der Waals surface area contributed by atoms with Crippen molar-refractivity contribution in [3.05, 3.63) is 12.7 Å². The van der Waals surface area contributed by atoms with Crippen molar-refractivity contribution in [2.75, 3.05) is 0 Å². The SMILES string of the molecule is C=CC#CCCCCC=O. The highest BCUT2D eigenvalue weighted by atomic mass is 16.1. The number of hydrogen-bond acceptors (Lipinski definition) is 1. The van der Waals surface area contributed by atoms with Crippen molar-refractivity contribution in [1.82, 2.24) is 0 Å². The Morgan fingerprint density at radius 1 is 1.40 bits per heavy atom. The van der Waals surface area contributed by atoms with Gasteiger partial charge in [0, 0.05) is 12.8 Å². The van der Waals surface area contributed by atoms with Gasteiger partial charge < -0.3 is 4.79 Å². The molecule has 1 nitrogen and oxygen atoms in total. The van der Waals surface area contributed by atoms with E-state index in [0.717, 1.165) is 25.5 Å². The fourth-order valence-corrected chi connectivity index (χ4v) is 0.585. The van der Waals surface area contributed by atoms with Gasteiger partial charge in [-0.05, 0) is 18.9 Å². The molecule has 0 fully saturated rings. The number of unbranched alkanes of at least 4 members (excludes halogenated alkanes) is 3. The Hall–Kier alpha value is -1.03. The molecule has 0 aromatic heterocycles. The molecular weight excluding hydrogens is 124 g/mol.